The van der Waals surface area contributed by atoms with E-state index < -0.39 is 34.1 Å². The molecule has 2 fully saturated rings. The Bertz CT molecular complexity index is 1750. The van der Waals surface area contributed by atoms with Crippen LogP contribution in [0.2, 0.25) is 0 Å². The maximum Gasteiger partial charge on any atom is 0.321 e. The zero-order valence-electron chi connectivity index (χ0n) is 29.9. The number of carbonyl (C=O) groups is 2. The van der Waals surface area contributed by atoms with E-state index in [9.17, 15) is 23.1 Å². The molecule has 2 heterocycles. The number of aliphatic hydroxyl groups is 1. The van der Waals surface area contributed by atoms with E-state index in [1.54, 1.807) is 21.9 Å². The molecule has 0 spiro atoms. The molecule has 0 bridgehead atoms. The molecule has 1 aromatic heterocycles. The second-order valence-electron chi connectivity index (χ2n) is 13.8. The number of hydrogen-bond acceptors (Lipinski definition) is 10. The van der Waals surface area contributed by atoms with Crippen LogP contribution in [0.1, 0.15) is 67.8 Å². The molecule has 52 heavy (non-hydrogen) atoms. The van der Waals surface area contributed by atoms with E-state index in [1.807, 2.05) is 49.6 Å². The van der Waals surface area contributed by atoms with Gasteiger partial charge in [0.1, 0.15) is 11.0 Å². The van der Waals surface area contributed by atoms with Crippen molar-refractivity contribution >= 4 is 39.5 Å². The lowest BCUT2D eigenvalue weighted by Crippen LogP contribution is -2.57. The molecular weight excluding hydrogens is 703 g/mol. The van der Waals surface area contributed by atoms with Crippen LogP contribution in [0.3, 0.4) is 0 Å². The molecule has 5 rings (SSSR count). The zero-order valence-corrected chi connectivity index (χ0v) is 31.5. The number of hydrogen-bond donors (Lipinski definition) is 4. The highest BCUT2D eigenvalue weighted by atomic mass is 32.2. The highest BCUT2D eigenvalue weighted by Crippen LogP contribution is 2.29. The maximum absolute atomic E-state index is 14.3. The average molecular weight is 754 g/mol. The Labute approximate surface area is 310 Å². The fraction of sp³-hybridized carbons (Fsp3) is 0.514. The Morgan fingerprint density at radius 1 is 1.15 bits per heavy atom. The summed E-state index contributed by atoms with van der Waals surface area (Å²) >= 11 is 1.45. The first-order chi connectivity index (χ1) is 25.0. The number of aromatic nitrogens is 1. The molecule has 4 atom stereocenters. The number of aliphatic hydroxyl groups excluding tert-OH is 1. The third-order valence-corrected chi connectivity index (χ3v) is 12.9. The molecule has 1 saturated heterocycles. The van der Waals surface area contributed by atoms with Crippen molar-refractivity contribution in [3.63, 3.8) is 0 Å². The largest absolute Gasteiger partial charge is 0.411 e. The van der Waals surface area contributed by atoms with Gasteiger partial charge in [0.05, 0.1) is 35.5 Å². The number of nitrogens with one attached hydrogen (secondary N) is 1. The number of urea groups is 1. The summed E-state index contributed by atoms with van der Waals surface area (Å²) < 4.78 is 29.6. The van der Waals surface area contributed by atoms with Crippen molar-refractivity contribution in [2.75, 3.05) is 26.2 Å². The van der Waals surface area contributed by atoms with Gasteiger partial charge in [-0.2, -0.15) is 4.31 Å². The molecule has 1 aliphatic carbocycles. The van der Waals surface area contributed by atoms with Gasteiger partial charge in [-0.05, 0) is 54.4 Å². The summed E-state index contributed by atoms with van der Waals surface area (Å²) in [4.78, 5) is 35.9. The summed E-state index contributed by atoms with van der Waals surface area (Å²) in [6.45, 7) is 5.35. The van der Waals surface area contributed by atoms with E-state index in [0.717, 1.165) is 41.9 Å². The second kappa shape index (κ2) is 18.2. The number of sulfonamides is 1. The first-order valence-corrected chi connectivity index (χ1v) is 20.3. The summed E-state index contributed by atoms with van der Waals surface area (Å²) in [5.74, 6) is -0.440. The third-order valence-electron chi connectivity index (χ3n) is 10.2. The summed E-state index contributed by atoms with van der Waals surface area (Å²) in [7, 11) is -4.05. The second-order valence-corrected chi connectivity index (χ2v) is 16.7. The molecule has 13 nitrogen and oxygen atoms in total. The maximum atomic E-state index is 14.3. The quantitative estimate of drug-likeness (QED) is 0.0854. The highest BCUT2D eigenvalue weighted by Gasteiger charge is 2.41. The Kier molecular flexibility index (Phi) is 13.8. The standard InChI is InChI=1S/C37H51N7O6S2/c1-3-26(2)35(44-18-17-42(37(44)47)23-30-25-51-34(20-38)40-30)36(46)41-32(19-27-9-5-4-6-10-27)33(45)24-43(22-29-11-7-8-12-29)52(49,50)31-15-13-28(14-16-31)21-39-48/h4-6,9-10,13-16,21,25-26,29,32-33,35,45,48H,3,7-8,11-12,17-20,22-24,38H2,1-2H3,(H,41,46)/b39-21+/t26-,32-,33+,35-/m0/s1. The van der Waals surface area contributed by atoms with E-state index in [4.69, 9.17) is 10.9 Å². The van der Waals surface area contributed by atoms with Gasteiger partial charge in [0.15, 0.2) is 0 Å². The van der Waals surface area contributed by atoms with Gasteiger partial charge in [-0.15, -0.1) is 11.3 Å². The van der Waals surface area contributed by atoms with Crippen LogP contribution in [-0.2, 0) is 34.3 Å². The van der Waals surface area contributed by atoms with E-state index in [-0.39, 0.29) is 42.3 Å². The van der Waals surface area contributed by atoms with Crippen LogP contribution < -0.4 is 11.1 Å². The lowest BCUT2D eigenvalue weighted by molar-refractivity contribution is -0.128. The molecule has 1 saturated carbocycles. The smallest absolute Gasteiger partial charge is 0.321 e. The summed E-state index contributed by atoms with van der Waals surface area (Å²) in [6.07, 6.45) is 4.66. The molecule has 5 N–H and O–H groups in total. The van der Waals surface area contributed by atoms with E-state index in [2.05, 4.69) is 15.5 Å². The van der Waals surface area contributed by atoms with Gasteiger partial charge in [0.25, 0.3) is 0 Å². The van der Waals surface area contributed by atoms with Crippen LogP contribution in [0.15, 0.2) is 70.0 Å². The van der Waals surface area contributed by atoms with Crippen LogP contribution in [0, 0.1) is 11.8 Å². The van der Waals surface area contributed by atoms with Crippen molar-refractivity contribution in [2.45, 2.75) is 88.5 Å². The first-order valence-electron chi connectivity index (χ1n) is 18.0. The van der Waals surface area contributed by atoms with Crippen LogP contribution in [0.4, 0.5) is 4.79 Å². The number of benzene rings is 2. The predicted molar refractivity (Wildman–Crippen MR) is 200 cm³/mol. The van der Waals surface area contributed by atoms with Crippen molar-refractivity contribution in [1.82, 2.24) is 24.4 Å². The zero-order chi connectivity index (χ0) is 37.3. The van der Waals surface area contributed by atoms with Crippen molar-refractivity contribution in [1.29, 1.82) is 0 Å². The van der Waals surface area contributed by atoms with Crippen LogP contribution in [-0.4, -0.2) is 100 Å². The van der Waals surface area contributed by atoms with E-state index in [1.165, 1.54) is 34.0 Å². The fourth-order valence-corrected chi connectivity index (χ4v) is 9.30. The summed E-state index contributed by atoms with van der Waals surface area (Å²) in [5.41, 5.74) is 7.88. The minimum atomic E-state index is -4.05. The summed E-state index contributed by atoms with van der Waals surface area (Å²) in [5, 5.41) is 29.6. The SMILES string of the molecule is CC[C@H](C)[C@@H](C(=O)N[C@@H](Cc1ccccc1)[C@H](O)CN(CC1CCCC1)S(=O)(=O)c1ccc(/C=N/O)cc1)N1CCN(Cc2csc(CN)n2)C1=O. The Balaban J connectivity index is 1.39. The van der Waals surface area contributed by atoms with Crippen LogP contribution in [0.5, 0.6) is 0 Å². The van der Waals surface area contributed by atoms with Gasteiger partial charge in [-0.3, -0.25) is 4.79 Å². The third kappa shape index (κ3) is 9.75. The molecule has 1 aliphatic heterocycles. The fourth-order valence-electron chi connectivity index (χ4n) is 7.10. The molecule has 3 aromatic rings. The average Bonchev–Trinajstić information content (AvgIpc) is 3.91. The normalized spacial score (nSPS) is 18.0. The molecule has 0 unspecified atom stereocenters. The lowest BCUT2D eigenvalue weighted by atomic mass is 9.95. The van der Waals surface area contributed by atoms with Crippen molar-refractivity contribution < 1.29 is 28.3 Å². The van der Waals surface area contributed by atoms with Gasteiger partial charge < -0.3 is 31.2 Å². The Morgan fingerprint density at radius 2 is 1.87 bits per heavy atom. The van der Waals surface area contributed by atoms with Crippen molar-refractivity contribution in [3.05, 3.63) is 81.8 Å². The molecular formula is C37H51N7O6S2. The minimum Gasteiger partial charge on any atom is -0.411 e. The minimum absolute atomic E-state index is 0.0577. The molecule has 3 amide bonds. The lowest BCUT2D eigenvalue weighted by Gasteiger charge is -2.35. The number of thiazole rings is 1. The first kappa shape index (κ1) is 39.3. The van der Waals surface area contributed by atoms with Gasteiger partial charge in [-0.1, -0.05) is 80.7 Å². The van der Waals surface area contributed by atoms with Gasteiger partial charge in [0, 0.05) is 38.1 Å². The molecule has 15 heteroatoms. The number of oxime groups is 1. The van der Waals surface area contributed by atoms with Crippen molar-refractivity contribution in [2.24, 2.45) is 22.7 Å². The number of nitrogens with zero attached hydrogens (tertiary/aromatic N) is 5. The number of amides is 3. The van der Waals surface area contributed by atoms with Gasteiger partial charge >= 0.3 is 6.03 Å². The van der Waals surface area contributed by atoms with Gasteiger partial charge in [-0.25, -0.2) is 18.2 Å². The predicted octanol–water partition coefficient (Wildman–Crippen LogP) is 4.03. The molecule has 282 valence electrons. The number of nitrogens with two attached hydrogens (primary N) is 1. The van der Waals surface area contributed by atoms with Crippen LogP contribution >= 0.6 is 11.3 Å². The van der Waals surface area contributed by atoms with E-state index >= 15 is 0 Å². The van der Waals surface area contributed by atoms with Crippen molar-refractivity contribution in [3.8, 4) is 0 Å². The topological polar surface area (TPSA) is 182 Å². The molecule has 0 radical (unpaired) electrons. The Morgan fingerprint density at radius 3 is 2.50 bits per heavy atom. The van der Waals surface area contributed by atoms with Gasteiger partial charge in [0.2, 0.25) is 15.9 Å². The molecule has 2 aliphatic rings. The Hall–Kier alpha value is -3.89. The number of carbonyl (C=O) groups excluding carboxylic acids is 2. The van der Waals surface area contributed by atoms with E-state index in [0.29, 0.717) is 38.2 Å². The monoisotopic (exact) mass is 753 g/mol. The number of rotatable bonds is 18. The molecule has 2 aromatic carbocycles. The summed E-state index contributed by atoms with van der Waals surface area (Å²) in [6, 6.07) is 13.6. The van der Waals surface area contributed by atoms with Crippen LogP contribution in [0.25, 0.3) is 0 Å². The highest BCUT2D eigenvalue weighted by molar-refractivity contribution is 7.89.